The molecule has 0 radical (unpaired) electrons. The summed E-state index contributed by atoms with van der Waals surface area (Å²) in [6.45, 7) is 4.87. The van der Waals surface area contributed by atoms with Crippen LogP contribution in [0, 0.1) is 13.8 Å². The fourth-order valence-corrected chi connectivity index (χ4v) is 1.91. The maximum atomic E-state index is 12.0. The molecule has 1 aromatic heterocycles. The maximum absolute atomic E-state index is 12.0. The van der Waals surface area contributed by atoms with Crippen LogP contribution in [-0.2, 0) is 0 Å². The molecule has 116 valence electrons. The number of methoxy groups -OCH3 is 1. The van der Waals surface area contributed by atoms with Gasteiger partial charge >= 0.3 is 0 Å². The van der Waals surface area contributed by atoms with E-state index in [2.05, 4.69) is 20.6 Å². The van der Waals surface area contributed by atoms with Gasteiger partial charge in [0.05, 0.1) is 18.5 Å². The summed E-state index contributed by atoms with van der Waals surface area (Å²) < 4.78 is 5.06. The SMILES string of the molecule is COc1ccc(C(=O)NCCNc2nc(C)cnc2C)cc1. The molecule has 0 atom stereocenters. The van der Waals surface area contributed by atoms with Gasteiger partial charge in [-0.25, -0.2) is 4.98 Å². The number of aryl methyl sites for hydroxylation is 2. The van der Waals surface area contributed by atoms with Crippen LogP contribution in [0.2, 0.25) is 0 Å². The molecule has 0 saturated carbocycles. The molecule has 1 aromatic carbocycles. The highest BCUT2D eigenvalue weighted by molar-refractivity contribution is 5.94. The molecule has 6 heteroatoms. The van der Waals surface area contributed by atoms with Gasteiger partial charge in [0.2, 0.25) is 0 Å². The van der Waals surface area contributed by atoms with E-state index in [0.717, 1.165) is 23.0 Å². The number of nitrogens with zero attached hydrogens (tertiary/aromatic N) is 2. The molecule has 0 aliphatic rings. The second kappa shape index (κ2) is 7.40. The lowest BCUT2D eigenvalue weighted by Crippen LogP contribution is -2.29. The Labute approximate surface area is 129 Å². The van der Waals surface area contributed by atoms with Gasteiger partial charge in [-0.2, -0.15) is 0 Å². The quantitative estimate of drug-likeness (QED) is 0.797. The Kier molecular flexibility index (Phi) is 5.30. The van der Waals surface area contributed by atoms with Crippen LogP contribution in [0.25, 0.3) is 0 Å². The van der Waals surface area contributed by atoms with Gasteiger partial charge in [0.15, 0.2) is 0 Å². The van der Waals surface area contributed by atoms with Gasteiger partial charge in [-0.1, -0.05) is 0 Å². The number of amides is 1. The normalized spacial score (nSPS) is 10.1. The fourth-order valence-electron chi connectivity index (χ4n) is 1.91. The number of nitrogens with one attached hydrogen (secondary N) is 2. The molecule has 22 heavy (non-hydrogen) atoms. The first-order valence-corrected chi connectivity index (χ1v) is 7.06. The summed E-state index contributed by atoms with van der Waals surface area (Å²) in [7, 11) is 1.59. The van der Waals surface area contributed by atoms with Gasteiger partial charge < -0.3 is 15.4 Å². The van der Waals surface area contributed by atoms with Crippen molar-refractivity contribution in [3.05, 3.63) is 47.4 Å². The van der Waals surface area contributed by atoms with Crippen LogP contribution in [0.1, 0.15) is 21.7 Å². The summed E-state index contributed by atoms with van der Waals surface area (Å²) in [5.41, 5.74) is 2.30. The summed E-state index contributed by atoms with van der Waals surface area (Å²) in [5.74, 6) is 1.36. The van der Waals surface area contributed by atoms with Crippen LogP contribution in [0.15, 0.2) is 30.5 Å². The lowest BCUT2D eigenvalue weighted by molar-refractivity contribution is 0.0955. The molecule has 0 unspecified atom stereocenters. The molecule has 1 heterocycles. The van der Waals surface area contributed by atoms with Gasteiger partial charge in [-0.3, -0.25) is 9.78 Å². The predicted octanol–water partition coefficient (Wildman–Crippen LogP) is 1.94. The Hall–Kier alpha value is -2.63. The lowest BCUT2D eigenvalue weighted by Gasteiger charge is -2.10. The van der Waals surface area contributed by atoms with Gasteiger partial charge in [0, 0.05) is 24.8 Å². The standard InChI is InChI=1S/C16H20N4O2/c1-11-10-19-12(2)15(20-11)17-8-9-18-16(21)13-4-6-14(22-3)7-5-13/h4-7,10H,8-9H2,1-3H3,(H,17,20)(H,18,21). The monoisotopic (exact) mass is 300 g/mol. The minimum absolute atomic E-state index is 0.114. The van der Waals surface area contributed by atoms with Crippen molar-refractivity contribution in [3.8, 4) is 5.75 Å². The summed E-state index contributed by atoms with van der Waals surface area (Å²) in [6, 6.07) is 6.99. The van der Waals surface area contributed by atoms with E-state index in [1.165, 1.54) is 0 Å². The molecule has 2 aromatic rings. The highest BCUT2D eigenvalue weighted by Gasteiger charge is 2.05. The Bertz CT molecular complexity index is 641. The zero-order valence-corrected chi connectivity index (χ0v) is 13.0. The second-order valence-corrected chi connectivity index (χ2v) is 4.86. The lowest BCUT2D eigenvalue weighted by atomic mass is 10.2. The van der Waals surface area contributed by atoms with E-state index < -0.39 is 0 Å². The number of hydrogen-bond donors (Lipinski definition) is 2. The minimum atomic E-state index is -0.114. The first-order valence-electron chi connectivity index (χ1n) is 7.06. The Morgan fingerprint density at radius 2 is 1.91 bits per heavy atom. The molecule has 0 spiro atoms. The van der Waals surface area contributed by atoms with Gasteiger partial charge in [0.25, 0.3) is 5.91 Å². The topological polar surface area (TPSA) is 76.1 Å². The van der Waals surface area contributed by atoms with Gasteiger partial charge in [0.1, 0.15) is 11.6 Å². The van der Waals surface area contributed by atoms with E-state index in [1.807, 2.05) is 13.8 Å². The Morgan fingerprint density at radius 1 is 1.18 bits per heavy atom. The molecule has 2 N–H and O–H groups in total. The number of benzene rings is 1. The van der Waals surface area contributed by atoms with Gasteiger partial charge in [-0.15, -0.1) is 0 Å². The second-order valence-electron chi connectivity index (χ2n) is 4.86. The molecule has 0 fully saturated rings. The highest BCUT2D eigenvalue weighted by atomic mass is 16.5. The van der Waals surface area contributed by atoms with Crippen molar-refractivity contribution in [1.29, 1.82) is 0 Å². The summed E-state index contributed by atoms with van der Waals surface area (Å²) >= 11 is 0. The average Bonchev–Trinajstić information content (AvgIpc) is 2.54. The van der Waals surface area contributed by atoms with Crippen molar-refractivity contribution in [1.82, 2.24) is 15.3 Å². The van der Waals surface area contributed by atoms with Crippen LogP contribution < -0.4 is 15.4 Å². The smallest absolute Gasteiger partial charge is 0.251 e. The number of anilines is 1. The van der Waals surface area contributed by atoms with E-state index in [4.69, 9.17) is 4.74 Å². The van der Waals surface area contributed by atoms with E-state index in [-0.39, 0.29) is 5.91 Å². The number of ether oxygens (including phenoxy) is 1. The van der Waals surface area contributed by atoms with E-state index in [9.17, 15) is 4.79 Å². The third kappa shape index (κ3) is 4.18. The van der Waals surface area contributed by atoms with E-state index >= 15 is 0 Å². The summed E-state index contributed by atoms with van der Waals surface area (Å²) in [4.78, 5) is 20.6. The molecule has 0 saturated heterocycles. The zero-order chi connectivity index (χ0) is 15.9. The molecule has 0 aliphatic heterocycles. The first kappa shape index (κ1) is 15.8. The summed E-state index contributed by atoms with van der Waals surface area (Å²) in [5, 5.41) is 6.02. The zero-order valence-electron chi connectivity index (χ0n) is 13.0. The van der Waals surface area contributed by atoms with Crippen LogP contribution in [0.5, 0.6) is 5.75 Å². The van der Waals surface area contributed by atoms with Crippen molar-refractivity contribution in [2.24, 2.45) is 0 Å². The van der Waals surface area contributed by atoms with Crippen molar-refractivity contribution in [3.63, 3.8) is 0 Å². The number of aromatic nitrogens is 2. The van der Waals surface area contributed by atoms with Crippen LogP contribution in [0.4, 0.5) is 5.82 Å². The first-order chi connectivity index (χ1) is 10.6. The Balaban J connectivity index is 1.80. The highest BCUT2D eigenvalue weighted by Crippen LogP contribution is 2.11. The molecule has 0 aliphatic carbocycles. The maximum Gasteiger partial charge on any atom is 0.251 e. The molecule has 6 nitrogen and oxygen atoms in total. The molecule has 2 rings (SSSR count). The molecule has 0 bridgehead atoms. The average molecular weight is 300 g/mol. The largest absolute Gasteiger partial charge is 0.497 e. The van der Waals surface area contributed by atoms with Crippen molar-refractivity contribution < 1.29 is 9.53 Å². The molecular weight excluding hydrogens is 280 g/mol. The predicted molar refractivity (Wildman–Crippen MR) is 85.3 cm³/mol. The van der Waals surface area contributed by atoms with Crippen molar-refractivity contribution >= 4 is 11.7 Å². The van der Waals surface area contributed by atoms with Gasteiger partial charge in [-0.05, 0) is 38.1 Å². The number of rotatable bonds is 6. The minimum Gasteiger partial charge on any atom is -0.497 e. The van der Waals surface area contributed by atoms with Crippen LogP contribution in [0.3, 0.4) is 0 Å². The summed E-state index contributed by atoms with van der Waals surface area (Å²) in [6.07, 6.45) is 1.73. The van der Waals surface area contributed by atoms with Crippen LogP contribution >= 0.6 is 0 Å². The fraction of sp³-hybridized carbons (Fsp3) is 0.312. The Morgan fingerprint density at radius 3 is 2.59 bits per heavy atom. The number of carbonyl (C=O) groups excluding carboxylic acids is 1. The number of carbonyl (C=O) groups is 1. The van der Waals surface area contributed by atoms with Crippen molar-refractivity contribution in [2.75, 3.05) is 25.5 Å². The third-order valence-corrected chi connectivity index (χ3v) is 3.13. The third-order valence-electron chi connectivity index (χ3n) is 3.13. The van der Waals surface area contributed by atoms with Crippen LogP contribution in [-0.4, -0.2) is 36.1 Å². The van der Waals surface area contributed by atoms with E-state index in [0.29, 0.717) is 18.7 Å². The molecular formula is C16H20N4O2. The number of hydrogen-bond acceptors (Lipinski definition) is 5. The van der Waals surface area contributed by atoms with E-state index in [1.54, 1.807) is 37.6 Å². The molecule has 1 amide bonds. The van der Waals surface area contributed by atoms with Crippen molar-refractivity contribution in [2.45, 2.75) is 13.8 Å².